The number of benzene rings is 1. The molecule has 1 unspecified atom stereocenters. The number of rotatable bonds is 5. The lowest BCUT2D eigenvalue weighted by Gasteiger charge is -2.18. The monoisotopic (exact) mass is 314 g/mol. The van der Waals surface area contributed by atoms with Crippen molar-refractivity contribution in [3.05, 3.63) is 42.0 Å². The molecule has 5 heteroatoms. The molecule has 0 saturated carbocycles. The maximum absolute atomic E-state index is 5.62. The molecule has 0 spiro atoms. The van der Waals surface area contributed by atoms with E-state index < -0.39 is 0 Å². The van der Waals surface area contributed by atoms with Gasteiger partial charge in [-0.05, 0) is 30.5 Å². The number of ether oxygens (including phenoxy) is 1. The topological polar surface area (TPSA) is 48.9 Å². The second kappa shape index (κ2) is 8.02. The number of nitrogens with one attached hydrogen (secondary N) is 2. The van der Waals surface area contributed by atoms with Gasteiger partial charge < -0.3 is 20.3 Å². The van der Waals surface area contributed by atoms with Crippen molar-refractivity contribution in [1.82, 2.24) is 10.6 Å². The van der Waals surface area contributed by atoms with Gasteiger partial charge >= 0.3 is 0 Å². The van der Waals surface area contributed by atoms with Crippen LogP contribution in [0.2, 0.25) is 0 Å². The molecule has 2 heterocycles. The molecule has 2 aliphatic rings. The van der Waals surface area contributed by atoms with E-state index in [1.807, 2.05) is 0 Å². The summed E-state index contributed by atoms with van der Waals surface area (Å²) in [6.45, 7) is 4.50. The molecule has 3 rings (SSSR count). The molecule has 1 fully saturated rings. The minimum atomic E-state index is 0.321. The van der Waals surface area contributed by atoms with Crippen LogP contribution in [0, 0.1) is 0 Å². The number of anilines is 1. The second-order valence-corrected chi connectivity index (χ2v) is 5.98. The van der Waals surface area contributed by atoms with Crippen molar-refractivity contribution in [2.75, 3.05) is 38.2 Å². The van der Waals surface area contributed by atoms with Gasteiger partial charge in [-0.15, -0.1) is 0 Å². The molecule has 2 N–H and O–H groups in total. The highest BCUT2D eigenvalue weighted by Crippen LogP contribution is 2.17. The van der Waals surface area contributed by atoms with Crippen LogP contribution in [0.25, 0.3) is 0 Å². The Kier molecular flexibility index (Phi) is 5.53. The lowest BCUT2D eigenvalue weighted by Crippen LogP contribution is -2.40. The van der Waals surface area contributed by atoms with Gasteiger partial charge in [0.25, 0.3) is 0 Å². The minimum absolute atomic E-state index is 0.321. The van der Waals surface area contributed by atoms with Gasteiger partial charge in [0, 0.05) is 45.5 Å². The van der Waals surface area contributed by atoms with Crippen molar-refractivity contribution < 1.29 is 4.74 Å². The average molecular weight is 314 g/mol. The molecule has 1 aromatic carbocycles. The summed E-state index contributed by atoms with van der Waals surface area (Å²) in [4.78, 5) is 6.61. The second-order valence-electron chi connectivity index (χ2n) is 5.98. The van der Waals surface area contributed by atoms with Crippen LogP contribution in [0.3, 0.4) is 0 Å². The maximum atomic E-state index is 5.62. The number of hydrogen-bond donors (Lipinski definition) is 2. The summed E-state index contributed by atoms with van der Waals surface area (Å²) in [7, 11) is 1.80. The highest BCUT2D eigenvalue weighted by atomic mass is 16.5. The number of guanidine groups is 1. The van der Waals surface area contributed by atoms with Gasteiger partial charge in [-0.2, -0.15) is 0 Å². The van der Waals surface area contributed by atoms with Gasteiger partial charge in [-0.1, -0.05) is 24.3 Å². The molecule has 5 nitrogen and oxygen atoms in total. The van der Waals surface area contributed by atoms with Gasteiger partial charge in [-0.25, -0.2) is 0 Å². The first kappa shape index (κ1) is 15.9. The third kappa shape index (κ3) is 4.48. The molecule has 2 aliphatic heterocycles. The highest BCUT2D eigenvalue weighted by Gasteiger charge is 2.15. The van der Waals surface area contributed by atoms with Crippen LogP contribution in [0.4, 0.5) is 5.69 Å². The fourth-order valence-electron chi connectivity index (χ4n) is 2.94. The van der Waals surface area contributed by atoms with Crippen LogP contribution in [0.5, 0.6) is 0 Å². The van der Waals surface area contributed by atoms with E-state index >= 15 is 0 Å². The zero-order valence-corrected chi connectivity index (χ0v) is 13.8. The maximum Gasteiger partial charge on any atom is 0.191 e. The molecule has 0 radical (unpaired) electrons. The molecule has 23 heavy (non-hydrogen) atoms. The summed E-state index contributed by atoms with van der Waals surface area (Å²) in [5.74, 6) is 0.827. The van der Waals surface area contributed by atoms with Crippen LogP contribution < -0.4 is 15.5 Å². The summed E-state index contributed by atoms with van der Waals surface area (Å²) >= 11 is 0. The van der Waals surface area contributed by atoms with Crippen molar-refractivity contribution in [1.29, 1.82) is 0 Å². The Bertz CT molecular complexity index is 539. The fourth-order valence-corrected chi connectivity index (χ4v) is 2.94. The number of nitrogens with zero attached hydrogens (tertiary/aromatic N) is 2. The van der Waals surface area contributed by atoms with E-state index in [-0.39, 0.29) is 0 Å². The number of aliphatic imine (C=N–C) groups is 1. The minimum Gasteiger partial charge on any atom is -0.376 e. The van der Waals surface area contributed by atoms with Crippen LogP contribution in [0.1, 0.15) is 18.4 Å². The molecule has 0 aliphatic carbocycles. The van der Waals surface area contributed by atoms with Crippen molar-refractivity contribution in [3.63, 3.8) is 0 Å². The van der Waals surface area contributed by atoms with Gasteiger partial charge in [0.05, 0.1) is 6.10 Å². The average Bonchev–Trinajstić information content (AvgIpc) is 3.29. The van der Waals surface area contributed by atoms with E-state index in [1.165, 1.54) is 11.3 Å². The molecular weight excluding hydrogens is 288 g/mol. The highest BCUT2D eigenvalue weighted by molar-refractivity contribution is 5.79. The van der Waals surface area contributed by atoms with Crippen molar-refractivity contribution in [2.45, 2.75) is 25.5 Å². The molecule has 0 bridgehead atoms. The first-order valence-corrected chi connectivity index (χ1v) is 8.40. The molecule has 1 atom stereocenters. The van der Waals surface area contributed by atoms with E-state index in [2.05, 4.69) is 56.9 Å². The van der Waals surface area contributed by atoms with E-state index in [4.69, 9.17) is 4.74 Å². The quantitative estimate of drug-likeness (QED) is 0.495. The van der Waals surface area contributed by atoms with Crippen molar-refractivity contribution in [3.8, 4) is 0 Å². The summed E-state index contributed by atoms with van der Waals surface area (Å²) < 4.78 is 5.62. The summed E-state index contributed by atoms with van der Waals surface area (Å²) in [6.07, 6.45) is 7.04. The van der Waals surface area contributed by atoms with E-state index in [0.717, 1.165) is 51.6 Å². The SMILES string of the molecule is CN=C(NCc1ccc(N2CC=CC2)cc1)NCC1CCCO1. The van der Waals surface area contributed by atoms with Gasteiger partial charge in [0.2, 0.25) is 0 Å². The normalized spacial score (nSPS) is 21.0. The fraction of sp³-hybridized carbons (Fsp3) is 0.500. The molecular formula is C18H26N4O. The summed E-state index contributed by atoms with van der Waals surface area (Å²) in [5.41, 5.74) is 2.53. The van der Waals surface area contributed by atoms with Gasteiger partial charge in [0.1, 0.15) is 0 Å². The summed E-state index contributed by atoms with van der Waals surface area (Å²) in [5, 5.41) is 6.69. The predicted octanol–water partition coefficient (Wildman–Crippen LogP) is 1.91. The molecule has 0 amide bonds. The smallest absolute Gasteiger partial charge is 0.191 e. The third-order valence-corrected chi connectivity index (χ3v) is 4.32. The first-order chi connectivity index (χ1) is 11.3. The zero-order chi connectivity index (χ0) is 15.9. The third-order valence-electron chi connectivity index (χ3n) is 4.32. The van der Waals surface area contributed by atoms with E-state index in [1.54, 1.807) is 7.05 Å². The Labute approximate surface area is 138 Å². The first-order valence-electron chi connectivity index (χ1n) is 8.40. The lowest BCUT2D eigenvalue weighted by molar-refractivity contribution is 0.114. The van der Waals surface area contributed by atoms with Crippen molar-refractivity contribution in [2.24, 2.45) is 4.99 Å². The Morgan fingerprint density at radius 1 is 1.22 bits per heavy atom. The molecule has 0 aromatic heterocycles. The summed E-state index contributed by atoms with van der Waals surface area (Å²) in [6, 6.07) is 8.72. The van der Waals surface area contributed by atoms with Crippen LogP contribution >= 0.6 is 0 Å². The molecule has 124 valence electrons. The van der Waals surface area contributed by atoms with Gasteiger partial charge in [-0.3, -0.25) is 4.99 Å². The largest absolute Gasteiger partial charge is 0.376 e. The van der Waals surface area contributed by atoms with E-state index in [0.29, 0.717) is 6.10 Å². The molecule has 1 aromatic rings. The molecule has 1 saturated heterocycles. The van der Waals surface area contributed by atoms with Crippen LogP contribution in [-0.4, -0.2) is 45.4 Å². The van der Waals surface area contributed by atoms with Crippen LogP contribution in [-0.2, 0) is 11.3 Å². The Balaban J connectivity index is 1.44. The zero-order valence-electron chi connectivity index (χ0n) is 13.8. The Hall–Kier alpha value is -2.01. The van der Waals surface area contributed by atoms with Crippen LogP contribution in [0.15, 0.2) is 41.4 Å². The Morgan fingerprint density at radius 3 is 2.65 bits per heavy atom. The van der Waals surface area contributed by atoms with E-state index in [9.17, 15) is 0 Å². The Morgan fingerprint density at radius 2 is 2.00 bits per heavy atom. The predicted molar refractivity (Wildman–Crippen MR) is 95.0 cm³/mol. The van der Waals surface area contributed by atoms with Crippen molar-refractivity contribution >= 4 is 11.6 Å². The lowest BCUT2D eigenvalue weighted by atomic mass is 10.2. The standard InChI is InChI=1S/C18H26N4O/c1-19-18(21-14-17-5-4-12-23-17)20-13-15-6-8-16(9-7-15)22-10-2-3-11-22/h2-3,6-9,17H,4-5,10-14H2,1H3,(H2,19,20,21). The number of hydrogen-bond acceptors (Lipinski definition) is 3. The van der Waals surface area contributed by atoms with Gasteiger partial charge in [0.15, 0.2) is 5.96 Å².